The Kier molecular flexibility index (Phi) is 4.10. The topological polar surface area (TPSA) is 84.1 Å². The number of sulfonamides is 1. The van der Waals surface area contributed by atoms with Gasteiger partial charge in [-0.1, -0.05) is 0 Å². The quantitative estimate of drug-likeness (QED) is 0.876. The molecule has 1 heterocycles. The van der Waals surface area contributed by atoms with Crippen LogP contribution in [0, 0.1) is 13.8 Å². The Labute approximate surface area is 118 Å². The Balaban J connectivity index is 2.29. The van der Waals surface area contributed by atoms with Crippen LogP contribution in [0.15, 0.2) is 29.3 Å². The normalized spacial score (nSPS) is 11.6. The van der Waals surface area contributed by atoms with Gasteiger partial charge < -0.3 is 4.74 Å². The summed E-state index contributed by atoms with van der Waals surface area (Å²) in [5.74, 6) is 0.646. The van der Waals surface area contributed by atoms with Crippen LogP contribution in [0.2, 0.25) is 0 Å². The van der Waals surface area contributed by atoms with E-state index >= 15 is 0 Å². The van der Waals surface area contributed by atoms with Crippen molar-refractivity contribution in [3.63, 3.8) is 0 Å². The monoisotopic (exact) mass is 295 g/mol. The molecule has 0 aliphatic rings. The largest absolute Gasteiger partial charge is 0.497 e. The molecule has 1 aromatic carbocycles. The number of nitrogens with zero attached hydrogens (tertiary/aromatic N) is 1. The number of aromatic nitrogens is 2. The van der Waals surface area contributed by atoms with Crippen molar-refractivity contribution in [2.45, 2.75) is 25.3 Å². The molecule has 0 spiro atoms. The van der Waals surface area contributed by atoms with Gasteiger partial charge in [0.05, 0.1) is 24.2 Å². The smallest absolute Gasteiger partial charge is 0.241 e. The summed E-state index contributed by atoms with van der Waals surface area (Å²) in [5.41, 5.74) is 2.01. The van der Waals surface area contributed by atoms with Gasteiger partial charge >= 0.3 is 0 Å². The minimum atomic E-state index is -3.58. The summed E-state index contributed by atoms with van der Waals surface area (Å²) in [7, 11) is -2.02. The number of rotatable bonds is 5. The van der Waals surface area contributed by atoms with E-state index in [9.17, 15) is 8.42 Å². The summed E-state index contributed by atoms with van der Waals surface area (Å²) in [6.07, 6.45) is 1.58. The highest BCUT2D eigenvalue weighted by molar-refractivity contribution is 7.89. The average molecular weight is 295 g/mol. The molecule has 0 fully saturated rings. The average Bonchev–Trinajstić information content (AvgIpc) is 2.88. The van der Waals surface area contributed by atoms with Crippen molar-refractivity contribution in [3.05, 3.63) is 41.2 Å². The minimum Gasteiger partial charge on any atom is -0.497 e. The van der Waals surface area contributed by atoms with Gasteiger partial charge in [-0.25, -0.2) is 13.1 Å². The fourth-order valence-electron chi connectivity index (χ4n) is 2.08. The van der Waals surface area contributed by atoms with E-state index in [2.05, 4.69) is 14.9 Å². The van der Waals surface area contributed by atoms with Gasteiger partial charge in [0.1, 0.15) is 5.75 Å². The number of H-pyrrole nitrogens is 1. The molecule has 2 aromatic rings. The third-order valence-corrected chi connectivity index (χ3v) is 4.66. The van der Waals surface area contributed by atoms with Gasteiger partial charge in [-0.2, -0.15) is 5.10 Å². The molecule has 0 aliphatic carbocycles. The van der Waals surface area contributed by atoms with Crippen LogP contribution in [-0.4, -0.2) is 25.7 Å². The van der Waals surface area contributed by atoms with Gasteiger partial charge in [0, 0.05) is 6.20 Å². The molecule has 2 N–H and O–H groups in total. The number of nitrogens with one attached hydrogen (secondary N) is 2. The molecule has 0 aliphatic heterocycles. The molecule has 0 atom stereocenters. The van der Waals surface area contributed by atoms with Crippen molar-refractivity contribution in [3.8, 4) is 5.75 Å². The van der Waals surface area contributed by atoms with Crippen LogP contribution >= 0.6 is 0 Å². The zero-order chi connectivity index (χ0) is 14.8. The number of hydrogen-bond donors (Lipinski definition) is 2. The lowest BCUT2D eigenvalue weighted by Gasteiger charge is -2.13. The highest BCUT2D eigenvalue weighted by Gasteiger charge is 2.20. The number of methoxy groups -OCH3 is 1. The van der Waals surface area contributed by atoms with Gasteiger partial charge in [-0.05, 0) is 43.2 Å². The molecule has 0 radical (unpaired) electrons. The van der Waals surface area contributed by atoms with Crippen molar-refractivity contribution >= 4 is 10.0 Å². The van der Waals surface area contributed by atoms with Crippen LogP contribution in [0.1, 0.15) is 16.8 Å². The highest BCUT2D eigenvalue weighted by Crippen LogP contribution is 2.25. The predicted molar refractivity (Wildman–Crippen MR) is 75.1 cm³/mol. The summed E-state index contributed by atoms with van der Waals surface area (Å²) in [6.45, 7) is 3.67. The zero-order valence-electron chi connectivity index (χ0n) is 11.6. The van der Waals surface area contributed by atoms with Gasteiger partial charge in [-0.3, -0.25) is 5.10 Å². The fraction of sp³-hybridized carbons (Fsp3) is 0.308. The lowest BCUT2D eigenvalue weighted by Crippen LogP contribution is -2.25. The van der Waals surface area contributed by atoms with Gasteiger partial charge in [0.15, 0.2) is 0 Å². The Morgan fingerprint density at radius 3 is 2.45 bits per heavy atom. The van der Waals surface area contributed by atoms with E-state index in [1.165, 1.54) is 0 Å². The van der Waals surface area contributed by atoms with E-state index in [1.54, 1.807) is 45.4 Å². The molecule has 0 amide bonds. The first kappa shape index (κ1) is 14.5. The van der Waals surface area contributed by atoms with E-state index in [0.717, 1.165) is 0 Å². The molecule has 6 nitrogen and oxygen atoms in total. The summed E-state index contributed by atoms with van der Waals surface area (Å²) < 4.78 is 32.5. The second-order valence-corrected chi connectivity index (χ2v) is 6.20. The molecule has 1 aromatic heterocycles. The van der Waals surface area contributed by atoms with Gasteiger partial charge in [0.25, 0.3) is 0 Å². The standard InChI is InChI=1S/C13H17N3O3S/c1-9-6-12(19-3)7-10(2)13(9)20(17,18)15-8-11-4-5-14-16-11/h4-7,15H,8H2,1-3H3,(H,14,16). The number of aryl methyl sites for hydroxylation is 2. The van der Waals surface area contributed by atoms with E-state index in [0.29, 0.717) is 22.6 Å². The van der Waals surface area contributed by atoms with E-state index < -0.39 is 10.0 Å². The zero-order valence-corrected chi connectivity index (χ0v) is 12.4. The van der Waals surface area contributed by atoms with Crippen molar-refractivity contribution in [1.29, 1.82) is 0 Å². The Morgan fingerprint density at radius 2 is 1.95 bits per heavy atom. The van der Waals surface area contributed by atoms with Crippen LogP contribution in [0.3, 0.4) is 0 Å². The number of benzene rings is 1. The first-order valence-electron chi connectivity index (χ1n) is 6.07. The van der Waals surface area contributed by atoms with E-state index in [4.69, 9.17) is 4.74 Å². The van der Waals surface area contributed by atoms with Crippen LogP contribution in [-0.2, 0) is 16.6 Å². The Hall–Kier alpha value is -1.86. The molecule has 0 unspecified atom stereocenters. The maximum Gasteiger partial charge on any atom is 0.241 e. The molecular weight excluding hydrogens is 278 g/mol. The summed E-state index contributed by atoms with van der Waals surface area (Å²) >= 11 is 0. The van der Waals surface area contributed by atoms with E-state index in [-0.39, 0.29) is 11.4 Å². The molecule has 0 saturated heterocycles. The van der Waals surface area contributed by atoms with Crippen LogP contribution in [0.4, 0.5) is 0 Å². The number of ether oxygens (including phenoxy) is 1. The first-order valence-corrected chi connectivity index (χ1v) is 7.55. The minimum absolute atomic E-state index is 0.174. The maximum atomic E-state index is 12.4. The SMILES string of the molecule is COc1cc(C)c(S(=O)(=O)NCc2ccn[nH]2)c(C)c1. The summed E-state index contributed by atoms with van der Waals surface area (Å²) in [6, 6.07) is 5.13. The van der Waals surface area contributed by atoms with E-state index in [1.807, 2.05) is 0 Å². The summed E-state index contributed by atoms with van der Waals surface area (Å²) in [5, 5.41) is 6.49. The molecule has 0 bridgehead atoms. The molecular formula is C13H17N3O3S. The van der Waals surface area contributed by atoms with Crippen molar-refractivity contribution < 1.29 is 13.2 Å². The number of hydrogen-bond acceptors (Lipinski definition) is 4. The molecule has 20 heavy (non-hydrogen) atoms. The van der Waals surface area contributed by atoms with Crippen LogP contribution < -0.4 is 9.46 Å². The lowest BCUT2D eigenvalue weighted by atomic mass is 10.1. The third-order valence-electron chi connectivity index (χ3n) is 2.95. The van der Waals surface area contributed by atoms with Gasteiger partial charge in [-0.15, -0.1) is 0 Å². The predicted octanol–water partition coefficient (Wildman–Crippen LogP) is 1.51. The second-order valence-electron chi connectivity index (χ2n) is 4.50. The first-order chi connectivity index (χ1) is 9.44. The number of aromatic amines is 1. The van der Waals surface area contributed by atoms with Crippen molar-refractivity contribution in [2.75, 3.05) is 7.11 Å². The van der Waals surface area contributed by atoms with Crippen molar-refractivity contribution in [1.82, 2.24) is 14.9 Å². The van der Waals surface area contributed by atoms with Crippen LogP contribution in [0.25, 0.3) is 0 Å². The maximum absolute atomic E-state index is 12.4. The van der Waals surface area contributed by atoms with Crippen molar-refractivity contribution in [2.24, 2.45) is 0 Å². The van der Waals surface area contributed by atoms with Crippen LogP contribution in [0.5, 0.6) is 5.75 Å². The Morgan fingerprint density at radius 1 is 1.30 bits per heavy atom. The Bertz CT molecular complexity index is 671. The third kappa shape index (κ3) is 3.00. The molecule has 2 rings (SSSR count). The molecule has 7 heteroatoms. The second kappa shape index (κ2) is 5.64. The van der Waals surface area contributed by atoms with Gasteiger partial charge in [0.2, 0.25) is 10.0 Å². The lowest BCUT2D eigenvalue weighted by molar-refractivity contribution is 0.413. The molecule has 108 valence electrons. The summed E-state index contributed by atoms with van der Waals surface area (Å²) in [4.78, 5) is 0.290. The molecule has 0 saturated carbocycles. The fourth-order valence-corrected chi connectivity index (χ4v) is 3.54. The highest BCUT2D eigenvalue weighted by atomic mass is 32.2.